The summed E-state index contributed by atoms with van der Waals surface area (Å²) in [7, 11) is 0. The van der Waals surface area contributed by atoms with E-state index in [0.29, 0.717) is 16.6 Å². The molecule has 4 bridgehead atoms. The van der Waals surface area contributed by atoms with E-state index in [9.17, 15) is 23.1 Å². The highest BCUT2D eigenvalue weighted by Crippen LogP contribution is 2.58. The molecule has 5 aromatic heterocycles. The van der Waals surface area contributed by atoms with Crippen LogP contribution in [0.2, 0.25) is 0 Å². The molecule has 14 heteroatoms. The Kier molecular flexibility index (Phi) is 7.06. The standard InChI is InChI=1S/C36H33F3N8O2S/c1-19-24(16-41-47(19)18-35-13-20-6-7-21(14-35)11-22(10-20)15-35)23-8-9-46-28(17-40-32(46)30(23)33(48)49)27-12-25(36(37,38)39)31(45-44-27)43-34-42-26-4-2-3-5-29(26)50-34/h2-5,8-9,12,16-17,20-22H,6-7,10-11,13-15,18H2,1H3,(H,48,49)(H,42,43,45). The molecular formula is C36H33F3N8O2S. The minimum atomic E-state index is -4.77. The summed E-state index contributed by atoms with van der Waals surface area (Å²) in [5, 5.41) is 26.2. The van der Waals surface area contributed by atoms with Crippen LogP contribution in [0, 0.1) is 30.1 Å². The van der Waals surface area contributed by atoms with Gasteiger partial charge < -0.3 is 10.4 Å². The second-order valence-corrected chi connectivity index (χ2v) is 15.4. The highest BCUT2D eigenvalue weighted by atomic mass is 32.1. The number of para-hydroxylation sites is 1. The Balaban J connectivity index is 1.06. The molecule has 5 heterocycles. The number of halogens is 3. The molecule has 1 aromatic carbocycles. The normalized spacial score (nSPS) is 23.2. The number of carboxylic acid groups (broad SMARTS) is 1. The van der Waals surface area contributed by atoms with E-state index in [4.69, 9.17) is 5.10 Å². The third-order valence-electron chi connectivity index (χ3n) is 11.1. The summed E-state index contributed by atoms with van der Waals surface area (Å²) in [5.41, 5.74) is 1.95. The molecule has 2 unspecified atom stereocenters. The monoisotopic (exact) mass is 698 g/mol. The average molecular weight is 699 g/mol. The Morgan fingerprint density at radius 2 is 1.80 bits per heavy atom. The molecule has 10 rings (SSSR count). The Hall–Kier alpha value is -4.85. The highest BCUT2D eigenvalue weighted by molar-refractivity contribution is 7.22. The predicted octanol–water partition coefficient (Wildman–Crippen LogP) is 8.64. The summed E-state index contributed by atoms with van der Waals surface area (Å²) in [4.78, 5) is 21.6. The van der Waals surface area contributed by atoms with Crippen molar-refractivity contribution in [3.63, 3.8) is 0 Å². The van der Waals surface area contributed by atoms with E-state index >= 15 is 0 Å². The van der Waals surface area contributed by atoms with Gasteiger partial charge in [0, 0.05) is 29.6 Å². The zero-order valence-electron chi connectivity index (χ0n) is 27.1. The van der Waals surface area contributed by atoms with Crippen LogP contribution in [0.4, 0.5) is 24.1 Å². The SMILES string of the molecule is Cc1c(-c2ccn3c(-c4cc(C(F)(F)F)c(Nc5nc6ccccc6s5)nn4)cnc3c2C(=O)O)cnn1CC12CC3CCC(CC(C3)C1)C2. The first-order valence-corrected chi connectivity index (χ1v) is 17.7. The number of aromatic nitrogens is 7. The van der Waals surface area contributed by atoms with Crippen molar-refractivity contribution in [2.24, 2.45) is 23.2 Å². The molecule has 0 amide bonds. The van der Waals surface area contributed by atoms with Crippen molar-refractivity contribution in [3.8, 4) is 22.5 Å². The quantitative estimate of drug-likeness (QED) is 0.170. The lowest BCUT2D eigenvalue weighted by Gasteiger charge is -2.48. The first kappa shape index (κ1) is 31.2. The van der Waals surface area contributed by atoms with Crippen molar-refractivity contribution in [1.29, 1.82) is 0 Å². The first-order valence-electron chi connectivity index (χ1n) is 16.9. The number of imidazole rings is 1. The molecule has 0 radical (unpaired) electrons. The summed E-state index contributed by atoms with van der Waals surface area (Å²) in [6, 6.07) is 9.78. The number of hydrogen-bond acceptors (Lipinski definition) is 8. The van der Waals surface area contributed by atoms with Gasteiger partial charge in [-0.2, -0.15) is 18.3 Å². The molecule has 6 aromatic rings. The lowest BCUT2D eigenvalue weighted by molar-refractivity contribution is -0.137. The fourth-order valence-electron chi connectivity index (χ4n) is 9.28. The van der Waals surface area contributed by atoms with Crippen LogP contribution in [0.25, 0.3) is 38.4 Å². The fraction of sp³-hybridized carbons (Fsp3) is 0.389. The van der Waals surface area contributed by atoms with Crippen LogP contribution >= 0.6 is 11.3 Å². The molecule has 0 saturated heterocycles. The van der Waals surface area contributed by atoms with E-state index < -0.39 is 23.5 Å². The molecule has 2 N–H and O–H groups in total. The molecule has 0 aliphatic heterocycles. The van der Waals surface area contributed by atoms with Crippen LogP contribution in [0.3, 0.4) is 0 Å². The van der Waals surface area contributed by atoms with Crippen molar-refractivity contribution < 1.29 is 23.1 Å². The Bertz CT molecular complexity index is 2260. The summed E-state index contributed by atoms with van der Waals surface area (Å²) in [6.45, 7) is 2.80. The number of fused-ring (bicyclic) bond motifs is 3. The van der Waals surface area contributed by atoms with Crippen molar-refractivity contribution in [2.75, 3.05) is 5.32 Å². The fourth-order valence-corrected chi connectivity index (χ4v) is 10.1. The number of thiazole rings is 1. The van der Waals surface area contributed by atoms with Gasteiger partial charge in [0.25, 0.3) is 0 Å². The van der Waals surface area contributed by atoms with Gasteiger partial charge in [-0.1, -0.05) is 36.3 Å². The first-order chi connectivity index (χ1) is 24.0. The molecule has 2 atom stereocenters. The number of nitrogens with zero attached hydrogens (tertiary/aromatic N) is 7. The van der Waals surface area contributed by atoms with Crippen molar-refractivity contribution >= 4 is 44.1 Å². The van der Waals surface area contributed by atoms with Gasteiger partial charge in [-0.05, 0) is 86.5 Å². The van der Waals surface area contributed by atoms with Gasteiger partial charge in [0.05, 0.1) is 28.3 Å². The van der Waals surface area contributed by atoms with Crippen molar-refractivity contribution in [2.45, 2.75) is 64.6 Å². The molecule has 10 nitrogen and oxygen atoms in total. The second kappa shape index (κ2) is 11.3. The van der Waals surface area contributed by atoms with Crippen LogP contribution in [0.5, 0.6) is 0 Å². The highest BCUT2D eigenvalue weighted by Gasteiger charge is 2.49. The number of hydrogen-bond donors (Lipinski definition) is 2. The van der Waals surface area contributed by atoms with Crippen molar-refractivity contribution in [3.05, 3.63) is 71.8 Å². The van der Waals surface area contributed by atoms with Crippen LogP contribution in [0.1, 0.15) is 66.6 Å². The maximum absolute atomic E-state index is 14.4. The van der Waals surface area contributed by atoms with Gasteiger partial charge >= 0.3 is 12.1 Å². The smallest absolute Gasteiger partial charge is 0.420 e. The molecule has 4 fully saturated rings. The Morgan fingerprint density at radius 3 is 2.54 bits per heavy atom. The third-order valence-corrected chi connectivity index (χ3v) is 12.1. The van der Waals surface area contributed by atoms with Gasteiger partial charge in [0.1, 0.15) is 16.8 Å². The lowest BCUT2D eigenvalue weighted by atomic mass is 9.58. The zero-order valence-corrected chi connectivity index (χ0v) is 27.9. The maximum atomic E-state index is 14.4. The zero-order chi connectivity index (χ0) is 34.4. The second-order valence-electron chi connectivity index (χ2n) is 14.4. The van der Waals surface area contributed by atoms with E-state index in [-0.39, 0.29) is 33.1 Å². The number of carbonyl (C=O) groups is 1. The maximum Gasteiger partial charge on any atom is 0.420 e. The van der Waals surface area contributed by atoms with E-state index in [1.807, 2.05) is 23.7 Å². The average Bonchev–Trinajstić information content (AvgIpc) is 3.74. The summed E-state index contributed by atoms with van der Waals surface area (Å²) < 4.78 is 47.4. The Labute approximate surface area is 288 Å². The van der Waals surface area contributed by atoms with Crippen molar-refractivity contribution in [1.82, 2.24) is 34.3 Å². The van der Waals surface area contributed by atoms with Gasteiger partial charge in [0.2, 0.25) is 0 Å². The molecule has 256 valence electrons. The van der Waals surface area contributed by atoms with E-state index in [1.165, 1.54) is 66.9 Å². The number of benzene rings is 1. The Morgan fingerprint density at radius 1 is 1.04 bits per heavy atom. The molecule has 4 aliphatic rings. The number of pyridine rings is 1. The van der Waals surface area contributed by atoms with E-state index in [2.05, 4.69) is 25.5 Å². The molecule has 4 aliphatic carbocycles. The number of carboxylic acids is 1. The molecule has 4 saturated carbocycles. The van der Waals surface area contributed by atoms with Gasteiger partial charge in [-0.25, -0.2) is 14.8 Å². The topological polar surface area (TPSA) is 123 Å². The number of rotatable bonds is 7. The van der Waals surface area contributed by atoms with Gasteiger partial charge in [-0.3, -0.25) is 9.08 Å². The van der Waals surface area contributed by atoms with Gasteiger partial charge in [0.15, 0.2) is 16.6 Å². The van der Waals surface area contributed by atoms with Crippen LogP contribution < -0.4 is 5.32 Å². The van der Waals surface area contributed by atoms with Gasteiger partial charge in [-0.15, -0.1) is 10.2 Å². The number of anilines is 2. The van der Waals surface area contributed by atoms with Crippen LogP contribution in [0.15, 0.2) is 55.0 Å². The van der Waals surface area contributed by atoms with Crippen LogP contribution in [-0.4, -0.2) is 45.4 Å². The number of aromatic carboxylic acids is 1. The molecular weight excluding hydrogens is 666 g/mol. The van der Waals surface area contributed by atoms with Crippen LogP contribution in [-0.2, 0) is 12.7 Å². The summed E-state index contributed by atoms with van der Waals surface area (Å²) in [5.74, 6) is 0.679. The number of nitrogens with one attached hydrogen (secondary N) is 1. The largest absolute Gasteiger partial charge is 0.478 e. The summed E-state index contributed by atoms with van der Waals surface area (Å²) >= 11 is 1.20. The minimum absolute atomic E-state index is 0.0638. The minimum Gasteiger partial charge on any atom is -0.478 e. The third kappa shape index (κ3) is 5.22. The lowest BCUT2D eigenvalue weighted by Crippen LogP contribution is -2.40. The molecule has 50 heavy (non-hydrogen) atoms. The van der Waals surface area contributed by atoms with E-state index in [0.717, 1.165) is 40.8 Å². The predicted molar refractivity (Wildman–Crippen MR) is 182 cm³/mol. The summed E-state index contributed by atoms with van der Waals surface area (Å²) in [6.07, 6.45) is 8.95. The van der Waals surface area contributed by atoms with E-state index in [1.54, 1.807) is 30.6 Å². The molecule has 0 spiro atoms. The number of alkyl halides is 3.